The van der Waals surface area contributed by atoms with Gasteiger partial charge in [-0.15, -0.1) is 0 Å². The molecule has 30 heavy (non-hydrogen) atoms. The van der Waals surface area contributed by atoms with E-state index in [1.54, 1.807) is 0 Å². The number of hydrogen-bond donors (Lipinski definition) is 0. The molecule has 0 N–H and O–H groups in total. The highest BCUT2D eigenvalue weighted by molar-refractivity contribution is 6.14. The van der Waals surface area contributed by atoms with Gasteiger partial charge in [0.1, 0.15) is 5.92 Å². The van der Waals surface area contributed by atoms with Gasteiger partial charge in [0.25, 0.3) is 0 Å². The number of unbranched alkanes of at least 4 members (excludes halogenated alkanes) is 7. The molecule has 0 aliphatic carbocycles. The third-order valence-corrected chi connectivity index (χ3v) is 5.60. The lowest BCUT2D eigenvalue weighted by Gasteiger charge is -2.18. The van der Waals surface area contributed by atoms with Gasteiger partial charge in [-0.25, -0.2) is 0 Å². The van der Waals surface area contributed by atoms with Crippen LogP contribution in [0, 0.1) is 13.8 Å². The van der Waals surface area contributed by atoms with Crippen molar-refractivity contribution in [2.45, 2.75) is 78.1 Å². The van der Waals surface area contributed by atoms with Gasteiger partial charge in [-0.2, -0.15) is 0 Å². The second-order valence-corrected chi connectivity index (χ2v) is 8.12. The van der Waals surface area contributed by atoms with Gasteiger partial charge in [0.2, 0.25) is 0 Å². The highest BCUT2D eigenvalue weighted by Gasteiger charge is 2.32. The summed E-state index contributed by atoms with van der Waals surface area (Å²) in [6, 6.07) is 15.0. The molecule has 0 spiro atoms. The summed E-state index contributed by atoms with van der Waals surface area (Å²) in [4.78, 5) is 26.3. The lowest BCUT2D eigenvalue weighted by Crippen LogP contribution is -2.26. The highest BCUT2D eigenvalue weighted by atomic mass is 16.5. The average molecular weight is 409 g/mol. The van der Waals surface area contributed by atoms with Crippen molar-refractivity contribution >= 4 is 11.8 Å². The first-order chi connectivity index (χ1) is 14.6. The quantitative estimate of drug-likeness (QED) is 0.156. The first-order valence-corrected chi connectivity index (χ1v) is 11.4. The van der Waals surface area contributed by atoms with E-state index in [1.807, 2.05) is 62.4 Å². The van der Waals surface area contributed by atoms with Crippen LogP contribution in [0.1, 0.15) is 91.3 Å². The molecule has 0 fully saturated rings. The fourth-order valence-corrected chi connectivity index (χ4v) is 3.88. The van der Waals surface area contributed by atoms with Crippen LogP contribution in [-0.4, -0.2) is 18.4 Å². The van der Waals surface area contributed by atoms with E-state index >= 15 is 0 Å². The number of carbonyl (C=O) groups is 2. The lowest BCUT2D eigenvalue weighted by molar-refractivity contribution is -0.144. The monoisotopic (exact) mass is 408 g/mol. The van der Waals surface area contributed by atoms with E-state index in [4.69, 9.17) is 4.74 Å². The van der Waals surface area contributed by atoms with Gasteiger partial charge in [-0.3, -0.25) is 9.59 Å². The van der Waals surface area contributed by atoms with Crippen LogP contribution < -0.4 is 0 Å². The third kappa shape index (κ3) is 7.12. The third-order valence-electron chi connectivity index (χ3n) is 5.60. The number of hydrogen-bond acceptors (Lipinski definition) is 3. The van der Waals surface area contributed by atoms with Crippen LogP contribution in [0.15, 0.2) is 48.5 Å². The Morgan fingerprint density at radius 3 is 1.93 bits per heavy atom. The van der Waals surface area contributed by atoms with Crippen LogP contribution in [0.25, 0.3) is 0 Å². The Labute approximate surface area is 181 Å². The molecule has 0 saturated heterocycles. The van der Waals surface area contributed by atoms with Crippen molar-refractivity contribution in [2.75, 3.05) is 6.61 Å². The zero-order valence-electron chi connectivity index (χ0n) is 18.8. The maximum atomic E-state index is 13.4. The zero-order chi connectivity index (χ0) is 21.8. The molecule has 0 saturated carbocycles. The first kappa shape index (κ1) is 23.9. The Hall–Kier alpha value is -2.42. The zero-order valence-corrected chi connectivity index (χ0v) is 18.8. The summed E-state index contributed by atoms with van der Waals surface area (Å²) in [6.07, 6.45) is 9.49. The molecular weight excluding hydrogens is 372 g/mol. The van der Waals surface area contributed by atoms with Crippen molar-refractivity contribution in [2.24, 2.45) is 0 Å². The molecule has 2 aromatic rings. The number of ketones is 1. The highest BCUT2D eigenvalue weighted by Crippen LogP contribution is 2.26. The molecule has 0 heterocycles. The van der Waals surface area contributed by atoms with E-state index in [0.29, 0.717) is 17.7 Å². The summed E-state index contributed by atoms with van der Waals surface area (Å²) < 4.78 is 5.57. The van der Waals surface area contributed by atoms with Crippen LogP contribution in [0.3, 0.4) is 0 Å². The summed E-state index contributed by atoms with van der Waals surface area (Å²) >= 11 is 0. The molecule has 0 aromatic heterocycles. The number of aryl methyl sites for hydroxylation is 2. The molecule has 0 bridgehead atoms. The molecule has 0 aliphatic rings. The topological polar surface area (TPSA) is 43.4 Å². The number of esters is 1. The largest absolute Gasteiger partial charge is 0.465 e. The summed E-state index contributed by atoms with van der Waals surface area (Å²) in [5.74, 6) is -1.55. The molecule has 2 aromatic carbocycles. The Kier molecular flexibility index (Phi) is 10.3. The van der Waals surface area contributed by atoms with E-state index in [-0.39, 0.29) is 5.78 Å². The number of benzene rings is 2. The van der Waals surface area contributed by atoms with Crippen LogP contribution in [0.4, 0.5) is 0 Å². The molecule has 3 heteroatoms. The van der Waals surface area contributed by atoms with Crippen molar-refractivity contribution in [3.8, 4) is 0 Å². The van der Waals surface area contributed by atoms with E-state index in [2.05, 4.69) is 6.92 Å². The summed E-state index contributed by atoms with van der Waals surface area (Å²) in [5.41, 5.74) is 3.08. The first-order valence-electron chi connectivity index (χ1n) is 11.4. The standard InChI is InChI=1S/C27H36O3/c1-4-5-6-7-8-9-10-14-20-30-27(29)25(23-18-12-11-13-19-23)26(28)24-21(2)16-15-17-22(24)3/h11-13,15-19,25H,4-10,14,20H2,1-3H3. The van der Waals surface area contributed by atoms with Crippen molar-refractivity contribution < 1.29 is 14.3 Å². The molecular formula is C27H36O3. The van der Waals surface area contributed by atoms with Gasteiger partial charge in [0.15, 0.2) is 5.78 Å². The second kappa shape index (κ2) is 13.0. The van der Waals surface area contributed by atoms with E-state index < -0.39 is 11.9 Å². The summed E-state index contributed by atoms with van der Waals surface area (Å²) in [7, 11) is 0. The summed E-state index contributed by atoms with van der Waals surface area (Å²) in [6.45, 7) is 6.42. The van der Waals surface area contributed by atoms with Gasteiger partial charge < -0.3 is 4.74 Å². The maximum absolute atomic E-state index is 13.4. The van der Waals surface area contributed by atoms with Crippen molar-refractivity contribution in [1.82, 2.24) is 0 Å². The van der Waals surface area contributed by atoms with E-state index in [9.17, 15) is 9.59 Å². The van der Waals surface area contributed by atoms with Gasteiger partial charge in [0, 0.05) is 5.56 Å². The van der Waals surface area contributed by atoms with Crippen molar-refractivity contribution in [3.05, 3.63) is 70.8 Å². The fourth-order valence-electron chi connectivity index (χ4n) is 3.88. The SMILES string of the molecule is CCCCCCCCCCOC(=O)C(C(=O)c1c(C)cccc1C)c1ccccc1. The molecule has 3 nitrogen and oxygen atoms in total. The minimum atomic E-state index is -0.917. The Balaban J connectivity index is 1.97. The predicted octanol–water partition coefficient (Wildman–Crippen LogP) is 6.95. The van der Waals surface area contributed by atoms with E-state index in [1.165, 1.54) is 38.5 Å². The Morgan fingerprint density at radius 1 is 0.767 bits per heavy atom. The number of rotatable bonds is 13. The second-order valence-electron chi connectivity index (χ2n) is 8.12. The predicted molar refractivity (Wildman–Crippen MR) is 123 cm³/mol. The Morgan fingerprint density at radius 2 is 1.33 bits per heavy atom. The Bertz CT molecular complexity index is 775. The molecule has 2 rings (SSSR count). The molecule has 0 amide bonds. The van der Waals surface area contributed by atoms with Crippen LogP contribution in [0.2, 0.25) is 0 Å². The van der Waals surface area contributed by atoms with Gasteiger partial charge in [-0.05, 0) is 37.0 Å². The molecule has 0 radical (unpaired) electrons. The van der Waals surface area contributed by atoms with Crippen LogP contribution in [-0.2, 0) is 9.53 Å². The van der Waals surface area contributed by atoms with Gasteiger partial charge in [-0.1, -0.05) is 100 Å². The lowest BCUT2D eigenvalue weighted by atomic mass is 9.87. The van der Waals surface area contributed by atoms with E-state index in [0.717, 1.165) is 24.0 Å². The van der Waals surface area contributed by atoms with Gasteiger partial charge >= 0.3 is 5.97 Å². The van der Waals surface area contributed by atoms with Crippen LogP contribution >= 0.6 is 0 Å². The number of Topliss-reactive ketones (excluding diaryl/α,β-unsaturated/α-hetero) is 1. The van der Waals surface area contributed by atoms with Crippen molar-refractivity contribution in [1.29, 1.82) is 0 Å². The minimum Gasteiger partial charge on any atom is -0.465 e. The maximum Gasteiger partial charge on any atom is 0.321 e. The fraction of sp³-hybridized carbons (Fsp3) is 0.481. The van der Waals surface area contributed by atoms with Gasteiger partial charge in [0.05, 0.1) is 6.61 Å². The molecule has 1 atom stereocenters. The smallest absolute Gasteiger partial charge is 0.321 e. The minimum absolute atomic E-state index is 0.183. The van der Waals surface area contributed by atoms with Crippen molar-refractivity contribution in [3.63, 3.8) is 0 Å². The molecule has 0 aliphatic heterocycles. The van der Waals surface area contributed by atoms with Crippen LogP contribution in [0.5, 0.6) is 0 Å². The number of carbonyl (C=O) groups excluding carboxylic acids is 2. The normalized spacial score (nSPS) is 11.8. The summed E-state index contributed by atoms with van der Waals surface area (Å²) in [5, 5.41) is 0. The number of ether oxygens (including phenoxy) is 1. The average Bonchev–Trinajstić information content (AvgIpc) is 2.73. The molecule has 162 valence electrons. The molecule has 1 unspecified atom stereocenters.